The molecule has 0 saturated heterocycles. The number of fused-ring (bicyclic) bond motifs is 1. The van der Waals surface area contributed by atoms with Gasteiger partial charge >= 0.3 is 0 Å². The van der Waals surface area contributed by atoms with Crippen molar-refractivity contribution < 1.29 is 4.79 Å². The van der Waals surface area contributed by atoms with E-state index in [0.29, 0.717) is 5.69 Å². The molecule has 5 nitrogen and oxygen atoms in total. The van der Waals surface area contributed by atoms with Crippen LogP contribution in [0.4, 0.5) is 11.4 Å². The van der Waals surface area contributed by atoms with Crippen LogP contribution in [0.3, 0.4) is 0 Å². The molecule has 0 radical (unpaired) electrons. The fourth-order valence-corrected chi connectivity index (χ4v) is 1.83. The number of primary amides is 1. The van der Waals surface area contributed by atoms with Crippen molar-refractivity contribution >= 4 is 28.2 Å². The van der Waals surface area contributed by atoms with Gasteiger partial charge in [-0.15, -0.1) is 0 Å². The smallest absolute Gasteiger partial charge is 0.236 e. The summed E-state index contributed by atoms with van der Waals surface area (Å²) in [6, 6.07) is 7.40. The zero-order valence-corrected chi connectivity index (χ0v) is 9.55. The topological polar surface area (TPSA) is 85.2 Å². The van der Waals surface area contributed by atoms with E-state index in [2.05, 4.69) is 4.98 Å². The highest BCUT2D eigenvalue weighted by atomic mass is 16.1. The number of rotatable bonds is 3. The minimum absolute atomic E-state index is 0.161. The second-order valence-electron chi connectivity index (χ2n) is 3.90. The highest BCUT2D eigenvalue weighted by Crippen LogP contribution is 2.28. The number of carbonyl (C=O) groups excluding carboxylic acids is 1. The molecule has 2 rings (SSSR count). The van der Waals surface area contributed by atoms with Crippen LogP contribution in [0.1, 0.15) is 0 Å². The summed E-state index contributed by atoms with van der Waals surface area (Å²) >= 11 is 0. The van der Waals surface area contributed by atoms with Crippen LogP contribution in [0.25, 0.3) is 10.9 Å². The largest absolute Gasteiger partial charge is 0.397 e. The third-order valence-corrected chi connectivity index (χ3v) is 2.58. The normalized spacial score (nSPS) is 10.4. The Kier molecular flexibility index (Phi) is 2.82. The Morgan fingerprint density at radius 1 is 1.41 bits per heavy atom. The zero-order valence-electron chi connectivity index (χ0n) is 9.55. The van der Waals surface area contributed by atoms with Gasteiger partial charge in [-0.2, -0.15) is 0 Å². The molecular formula is C12H14N4O. The lowest BCUT2D eigenvalue weighted by Crippen LogP contribution is -2.30. The van der Waals surface area contributed by atoms with Crippen LogP contribution < -0.4 is 16.4 Å². The second kappa shape index (κ2) is 4.29. The molecule has 1 amide bonds. The lowest BCUT2D eigenvalue weighted by atomic mass is 10.1. The predicted molar refractivity (Wildman–Crippen MR) is 68.6 cm³/mol. The van der Waals surface area contributed by atoms with E-state index in [-0.39, 0.29) is 12.5 Å². The van der Waals surface area contributed by atoms with E-state index in [1.165, 1.54) is 0 Å². The first-order valence-corrected chi connectivity index (χ1v) is 5.22. The average molecular weight is 230 g/mol. The van der Waals surface area contributed by atoms with Gasteiger partial charge in [-0.3, -0.25) is 9.78 Å². The SMILES string of the molecule is CN(CC(N)=O)c1ccc(N)c2ncccc12. The van der Waals surface area contributed by atoms with Gasteiger partial charge in [-0.25, -0.2) is 0 Å². The van der Waals surface area contributed by atoms with Gasteiger partial charge in [0.25, 0.3) is 0 Å². The van der Waals surface area contributed by atoms with Crippen LogP contribution in [0.2, 0.25) is 0 Å². The number of nitrogen functional groups attached to an aromatic ring is 1. The van der Waals surface area contributed by atoms with Gasteiger partial charge in [0.05, 0.1) is 17.7 Å². The molecule has 0 spiro atoms. The van der Waals surface area contributed by atoms with Crippen LogP contribution in [-0.4, -0.2) is 24.5 Å². The molecule has 5 heteroatoms. The number of pyridine rings is 1. The number of likely N-dealkylation sites (N-methyl/N-ethyl adjacent to an activating group) is 1. The number of nitrogens with two attached hydrogens (primary N) is 2. The van der Waals surface area contributed by atoms with E-state index in [4.69, 9.17) is 11.5 Å². The van der Waals surface area contributed by atoms with Crippen molar-refractivity contribution in [3.05, 3.63) is 30.5 Å². The molecule has 1 heterocycles. The van der Waals surface area contributed by atoms with Crippen molar-refractivity contribution in [1.82, 2.24) is 4.98 Å². The molecule has 1 aromatic carbocycles. The number of anilines is 2. The van der Waals surface area contributed by atoms with E-state index in [1.807, 2.05) is 25.2 Å². The molecule has 4 N–H and O–H groups in total. The fraction of sp³-hybridized carbons (Fsp3) is 0.167. The third kappa shape index (κ3) is 2.13. The van der Waals surface area contributed by atoms with Crippen molar-refractivity contribution in [2.75, 3.05) is 24.2 Å². The second-order valence-corrected chi connectivity index (χ2v) is 3.90. The van der Waals surface area contributed by atoms with Crippen molar-refractivity contribution in [3.8, 4) is 0 Å². The van der Waals surface area contributed by atoms with E-state index < -0.39 is 0 Å². The number of hydrogen-bond donors (Lipinski definition) is 2. The van der Waals surface area contributed by atoms with Gasteiger partial charge < -0.3 is 16.4 Å². The first-order valence-electron chi connectivity index (χ1n) is 5.22. The summed E-state index contributed by atoms with van der Waals surface area (Å²) in [5, 5.41) is 0.913. The van der Waals surface area contributed by atoms with Crippen molar-refractivity contribution in [2.24, 2.45) is 5.73 Å². The maximum atomic E-state index is 10.9. The Balaban J connectivity index is 2.55. The number of aromatic nitrogens is 1. The van der Waals surface area contributed by atoms with Gasteiger partial charge in [0.15, 0.2) is 0 Å². The number of hydrogen-bond acceptors (Lipinski definition) is 4. The van der Waals surface area contributed by atoms with Gasteiger partial charge in [0.1, 0.15) is 0 Å². The van der Waals surface area contributed by atoms with E-state index in [9.17, 15) is 4.79 Å². The van der Waals surface area contributed by atoms with E-state index in [0.717, 1.165) is 16.6 Å². The summed E-state index contributed by atoms with van der Waals surface area (Å²) in [5.74, 6) is -0.374. The molecule has 0 aliphatic carbocycles. The summed E-state index contributed by atoms with van der Waals surface area (Å²) in [4.78, 5) is 16.9. The molecule has 0 bridgehead atoms. The Labute approximate surface area is 99.0 Å². The number of benzene rings is 1. The summed E-state index contributed by atoms with van der Waals surface area (Å²) in [7, 11) is 1.81. The molecule has 88 valence electrons. The maximum absolute atomic E-state index is 10.9. The van der Waals surface area contributed by atoms with Crippen LogP contribution >= 0.6 is 0 Å². The standard InChI is InChI=1S/C12H14N4O/c1-16(7-11(14)17)10-5-4-9(13)12-8(10)3-2-6-15-12/h2-6H,7,13H2,1H3,(H2,14,17). The Hall–Kier alpha value is -2.30. The minimum atomic E-state index is -0.374. The van der Waals surface area contributed by atoms with Crippen molar-refractivity contribution in [1.29, 1.82) is 0 Å². The summed E-state index contributed by atoms with van der Waals surface area (Å²) < 4.78 is 0. The van der Waals surface area contributed by atoms with Gasteiger partial charge in [0.2, 0.25) is 5.91 Å². The Bertz CT molecular complexity index is 567. The van der Waals surface area contributed by atoms with E-state index in [1.54, 1.807) is 17.2 Å². The Morgan fingerprint density at radius 2 is 2.18 bits per heavy atom. The highest BCUT2D eigenvalue weighted by molar-refractivity contribution is 5.99. The molecule has 0 aliphatic heterocycles. The molecule has 17 heavy (non-hydrogen) atoms. The van der Waals surface area contributed by atoms with Crippen LogP contribution in [-0.2, 0) is 4.79 Å². The molecule has 1 aromatic heterocycles. The van der Waals surface area contributed by atoms with Crippen molar-refractivity contribution in [3.63, 3.8) is 0 Å². The van der Waals surface area contributed by atoms with Gasteiger partial charge in [-0.1, -0.05) is 0 Å². The monoisotopic (exact) mass is 230 g/mol. The molecule has 2 aromatic rings. The predicted octanol–water partition coefficient (Wildman–Crippen LogP) is 0.738. The molecule has 0 aliphatic rings. The quantitative estimate of drug-likeness (QED) is 0.761. The summed E-state index contributed by atoms with van der Waals surface area (Å²) in [5.41, 5.74) is 13.3. The third-order valence-electron chi connectivity index (χ3n) is 2.58. The fourth-order valence-electron chi connectivity index (χ4n) is 1.83. The number of carbonyl (C=O) groups is 1. The van der Waals surface area contributed by atoms with Gasteiger partial charge in [-0.05, 0) is 24.3 Å². The molecule has 0 fully saturated rings. The Morgan fingerprint density at radius 3 is 2.88 bits per heavy atom. The first-order chi connectivity index (χ1) is 8.09. The molecule has 0 atom stereocenters. The van der Waals surface area contributed by atoms with Gasteiger partial charge in [0, 0.05) is 24.3 Å². The average Bonchev–Trinajstić information content (AvgIpc) is 2.29. The first kappa shape index (κ1) is 11.2. The molecule has 0 saturated carbocycles. The minimum Gasteiger partial charge on any atom is -0.397 e. The van der Waals surface area contributed by atoms with E-state index >= 15 is 0 Å². The lowest BCUT2D eigenvalue weighted by Gasteiger charge is -2.19. The summed E-state index contributed by atoms with van der Waals surface area (Å²) in [6.45, 7) is 0.161. The lowest BCUT2D eigenvalue weighted by molar-refractivity contribution is -0.116. The van der Waals surface area contributed by atoms with Crippen molar-refractivity contribution in [2.45, 2.75) is 0 Å². The van der Waals surface area contributed by atoms with Crippen LogP contribution in [0.15, 0.2) is 30.5 Å². The maximum Gasteiger partial charge on any atom is 0.236 e. The zero-order chi connectivity index (χ0) is 12.4. The highest BCUT2D eigenvalue weighted by Gasteiger charge is 2.10. The summed E-state index contributed by atoms with van der Waals surface area (Å²) in [6.07, 6.45) is 1.69. The van der Waals surface area contributed by atoms with Crippen LogP contribution in [0.5, 0.6) is 0 Å². The van der Waals surface area contributed by atoms with Crippen LogP contribution in [0, 0.1) is 0 Å². The number of nitrogens with zero attached hydrogens (tertiary/aromatic N) is 2. The number of amides is 1. The molecule has 0 unspecified atom stereocenters. The molecular weight excluding hydrogens is 216 g/mol.